The Labute approximate surface area is 77.4 Å². The average Bonchev–Trinajstić information content (AvgIpc) is 2.04. The van der Waals surface area contributed by atoms with Crippen molar-refractivity contribution in [1.29, 1.82) is 0 Å². The van der Waals surface area contributed by atoms with Gasteiger partial charge in [0, 0.05) is 0 Å². The van der Waals surface area contributed by atoms with E-state index in [1.807, 2.05) is 0 Å². The molecule has 0 nitrogen and oxygen atoms in total. The predicted octanol–water partition coefficient (Wildman–Crippen LogP) is 4.48. The molecule has 0 unspecified atom stereocenters. The van der Waals surface area contributed by atoms with Crippen molar-refractivity contribution in [2.45, 2.75) is 53.4 Å². The Morgan fingerprint density at radius 3 is 2.17 bits per heavy atom. The Hall–Kier alpha value is -0.520. The predicted molar refractivity (Wildman–Crippen MR) is 57.3 cm³/mol. The molecule has 0 aliphatic heterocycles. The molecule has 0 bridgehead atoms. The smallest absolute Gasteiger partial charge is 0.0288 e. The van der Waals surface area contributed by atoms with Crippen molar-refractivity contribution in [1.82, 2.24) is 0 Å². The summed E-state index contributed by atoms with van der Waals surface area (Å²) in [5.41, 5.74) is 3.04. The largest absolute Gasteiger partial charge is 0.0859 e. The molecule has 0 amide bonds. The van der Waals surface area contributed by atoms with Crippen LogP contribution < -0.4 is 0 Å². The zero-order valence-electron chi connectivity index (χ0n) is 8.98. The third-order valence-corrected chi connectivity index (χ3v) is 2.14. The third-order valence-electron chi connectivity index (χ3n) is 2.14. The van der Waals surface area contributed by atoms with Crippen molar-refractivity contribution in [2.24, 2.45) is 0 Å². The Kier molecular flexibility index (Phi) is 6.84. The van der Waals surface area contributed by atoms with Gasteiger partial charge in [0.1, 0.15) is 0 Å². The lowest BCUT2D eigenvalue weighted by Crippen LogP contribution is -1.77. The van der Waals surface area contributed by atoms with Crippen LogP contribution in [0.4, 0.5) is 0 Å². The quantitative estimate of drug-likeness (QED) is 0.528. The van der Waals surface area contributed by atoms with Crippen LogP contribution in [0.2, 0.25) is 0 Å². The first kappa shape index (κ1) is 11.5. The molecular formula is C12H22. The summed E-state index contributed by atoms with van der Waals surface area (Å²) >= 11 is 0. The topological polar surface area (TPSA) is 0 Å². The van der Waals surface area contributed by atoms with Crippen LogP contribution in [0.1, 0.15) is 53.4 Å². The molecule has 0 heteroatoms. The van der Waals surface area contributed by atoms with Crippen molar-refractivity contribution in [3.8, 4) is 0 Å². The van der Waals surface area contributed by atoms with Gasteiger partial charge in [0.05, 0.1) is 0 Å². The van der Waals surface area contributed by atoms with Crippen molar-refractivity contribution >= 4 is 0 Å². The van der Waals surface area contributed by atoms with Gasteiger partial charge in [-0.1, -0.05) is 37.1 Å². The molecule has 70 valence electrons. The SMILES string of the molecule is CC/C=C(/C)CC/C=C(/C)CC. The highest BCUT2D eigenvalue weighted by Gasteiger charge is 1.88. The molecule has 0 rings (SSSR count). The minimum Gasteiger partial charge on any atom is -0.0859 e. The standard InChI is InChI=1S/C12H22/c1-5-8-12(4)10-7-9-11(3)6-2/h8-9H,5-7,10H2,1-4H3/b11-9-,12-8-. The molecule has 0 fully saturated rings. The van der Waals surface area contributed by atoms with E-state index >= 15 is 0 Å². The maximum Gasteiger partial charge on any atom is -0.0288 e. The van der Waals surface area contributed by atoms with E-state index in [1.165, 1.54) is 36.8 Å². The number of hydrogen-bond acceptors (Lipinski definition) is 0. The van der Waals surface area contributed by atoms with Crippen molar-refractivity contribution in [3.63, 3.8) is 0 Å². The molecule has 0 saturated heterocycles. The van der Waals surface area contributed by atoms with E-state index in [1.54, 1.807) is 0 Å². The first-order valence-electron chi connectivity index (χ1n) is 5.02. The van der Waals surface area contributed by atoms with Gasteiger partial charge in [-0.25, -0.2) is 0 Å². The van der Waals surface area contributed by atoms with Crippen LogP contribution in [0.3, 0.4) is 0 Å². The monoisotopic (exact) mass is 166 g/mol. The summed E-state index contributed by atoms with van der Waals surface area (Å²) in [5.74, 6) is 0. The van der Waals surface area contributed by atoms with Gasteiger partial charge in [0.25, 0.3) is 0 Å². The zero-order chi connectivity index (χ0) is 9.40. The van der Waals surface area contributed by atoms with Crippen LogP contribution in [0, 0.1) is 0 Å². The molecule has 0 spiro atoms. The Bertz CT molecular complexity index is 161. The number of hydrogen-bond donors (Lipinski definition) is 0. The van der Waals surface area contributed by atoms with Gasteiger partial charge < -0.3 is 0 Å². The molecule has 0 aromatic heterocycles. The molecule has 0 aromatic carbocycles. The van der Waals surface area contributed by atoms with E-state index in [9.17, 15) is 0 Å². The fraction of sp³-hybridized carbons (Fsp3) is 0.667. The van der Waals surface area contributed by atoms with E-state index in [0.29, 0.717) is 0 Å². The third kappa shape index (κ3) is 6.21. The van der Waals surface area contributed by atoms with Crippen LogP contribution >= 0.6 is 0 Å². The van der Waals surface area contributed by atoms with Crippen LogP contribution in [0.25, 0.3) is 0 Å². The molecule has 0 atom stereocenters. The van der Waals surface area contributed by atoms with Gasteiger partial charge in [-0.05, 0) is 39.5 Å². The van der Waals surface area contributed by atoms with Crippen molar-refractivity contribution in [2.75, 3.05) is 0 Å². The maximum atomic E-state index is 2.35. The van der Waals surface area contributed by atoms with Crippen LogP contribution in [-0.4, -0.2) is 0 Å². The second kappa shape index (κ2) is 7.15. The molecular weight excluding hydrogens is 144 g/mol. The van der Waals surface area contributed by atoms with Gasteiger partial charge in [-0.15, -0.1) is 0 Å². The van der Waals surface area contributed by atoms with Gasteiger partial charge >= 0.3 is 0 Å². The molecule has 0 saturated carbocycles. The normalized spacial score (nSPS) is 13.7. The minimum absolute atomic E-state index is 1.17. The number of rotatable bonds is 5. The van der Waals surface area contributed by atoms with E-state index in [-0.39, 0.29) is 0 Å². The summed E-state index contributed by atoms with van der Waals surface area (Å²) in [7, 11) is 0. The van der Waals surface area contributed by atoms with E-state index in [2.05, 4.69) is 39.8 Å². The summed E-state index contributed by atoms with van der Waals surface area (Å²) < 4.78 is 0. The Morgan fingerprint density at radius 1 is 1.00 bits per heavy atom. The maximum absolute atomic E-state index is 2.35. The first-order chi connectivity index (χ1) is 5.70. The van der Waals surface area contributed by atoms with E-state index in [0.717, 1.165) is 0 Å². The highest BCUT2D eigenvalue weighted by atomic mass is 13.9. The van der Waals surface area contributed by atoms with Crippen LogP contribution in [0.5, 0.6) is 0 Å². The van der Waals surface area contributed by atoms with Gasteiger partial charge in [0.15, 0.2) is 0 Å². The molecule has 0 aromatic rings. The molecule has 12 heavy (non-hydrogen) atoms. The van der Waals surface area contributed by atoms with Gasteiger partial charge in [-0.3, -0.25) is 0 Å². The van der Waals surface area contributed by atoms with Gasteiger partial charge in [0.2, 0.25) is 0 Å². The van der Waals surface area contributed by atoms with E-state index < -0.39 is 0 Å². The van der Waals surface area contributed by atoms with E-state index in [4.69, 9.17) is 0 Å². The Morgan fingerprint density at radius 2 is 1.67 bits per heavy atom. The molecule has 0 heterocycles. The highest BCUT2D eigenvalue weighted by Crippen LogP contribution is 2.08. The Balaban J connectivity index is 3.62. The van der Waals surface area contributed by atoms with Crippen molar-refractivity contribution < 1.29 is 0 Å². The first-order valence-corrected chi connectivity index (χ1v) is 5.02. The fourth-order valence-electron chi connectivity index (χ4n) is 1.14. The molecule has 0 aliphatic rings. The molecule has 0 radical (unpaired) electrons. The minimum atomic E-state index is 1.17. The lowest BCUT2D eigenvalue weighted by Gasteiger charge is -1.98. The lowest BCUT2D eigenvalue weighted by atomic mass is 10.1. The zero-order valence-corrected chi connectivity index (χ0v) is 8.98. The van der Waals surface area contributed by atoms with Crippen LogP contribution in [0.15, 0.2) is 23.3 Å². The lowest BCUT2D eigenvalue weighted by molar-refractivity contribution is 0.939. The number of allylic oxidation sites excluding steroid dienone is 4. The molecule has 0 N–H and O–H groups in total. The highest BCUT2D eigenvalue weighted by molar-refractivity contribution is 5.02. The summed E-state index contributed by atoms with van der Waals surface area (Å²) in [4.78, 5) is 0. The second-order valence-corrected chi connectivity index (χ2v) is 3.40. The average molecular weight is 166 g/mol. The van der Waals surface area contributed by atoms with Gasteiger partial charge in [-0.2, -0.15) is 0 Å². The summed E-state index contributed by atoms with van der Waals surface area (Å²) in [6.45, 7) is 8.83. The fourth-order valence-corrected chi connectivity index (χ4v) is 1.14. The molecule has 0 aliphatic carbocycles. The summed E-state index contributed by atoms with van der Waals surface area (Å²) in [5, 5.41) is 0. The second-order valence-electron chi connectivity index (χ2n) is 3.40. The van der Waals surface area contributed by atoms with Crippen LogP contribution in [-0.2, 0) is 0 Å². The summed E-state index contributed by atoms with van der Waals surface area (Å²) in [6.07, 6.45) is 9.47. The summed E-state index contributed by atoms with van der Waals surface area (Å²) in [6, 6.07) is 0. The van der Waals surface area contributed by atoms with Crippen molar-refractivity contribution in [3.05, 3.63) is 23.3 Å².